The highest BCUT2D eigenvalue weighted by Crippen LogP contribution is 2.27. The van der Waals surface area contributed by atoms with Crippen molar-refractivity contribution in [3.8, 4) is 10.7 Å². The predicted molar refractivity (Wildman–Crippen MR) is 106 cm³/mol. The van der Waals surface area contributed by atoms with Crippen molar-refractivity contribution in [2.24, 2.45) is 0 Å². The molecule has 2 heterocycles. The second-order valence-electron chi connectivity index (χ2n) is 5.54. The second kappa shape index (κ2) is 8.31. The standard InChI is InChI=1S/C17H17N5O3S2/c1-3-21-16(14-5-4-10-26-14)18-19-17(21)27-11-15(23)20(2)12-6-8-13(9-7-12)22(24)25/h4-10H,3,11H2,1-2H3. The third-order valence-electron chi connectivity index (χ3n) is 3.92. The highest BCUT2D eigenvalue weighted by atomic mass is 32.2. The molecule has 0 unspecified atom stereocenters. The number of aromatic nitrogens is 3. The molecule has 0 N–H and O–H groups in total. The van der Waals surface area contributed by atoms with Crippen molar-refractivity contribution < 1.29 is 9.72 Å². The first-order valence-corrected chi connectivity index (χ1v) is 9.98. The summed E-state index contributed by atoms with van der Waals surface area (Å²) in [7, 11) is 1.64. The summed E-state index contributed by atoms with van der Waals surface area (Å²) < 4.78 is 1.98. The van der Waals surface area contributed by atoms with Crippen LogP contribution in [0, 0.1) is 10.1 Å². The number of nitro benzene ring substituents is 1. The van der Waals surface area contributed by atoms with Crippen LogP contribution in [0.1, 0.15) is 6.92 Å². The molecule has 0 radical (unpaired) electrons. The van der Waals surface area contributed by atoms with Gasteiger partial charge in [-0.1, -0.05) is 17.8 Å². The molecule has 0 aliphatic rings. The Morgan fingerprint density at radius 2 is 2.04 bits per heavy atom. The summed E-state index contributed by atoms with van der Waals surface area (Å²) in [6, 6.07) is 9.84. The molecule has 1 amide bonds. The Bertz CT molecular complexity index is 938. The fourth-order valence-electron chi connectivity index (χ4n) is 2.43. The Labute approximate surface area is 164 Å². The van der Waals surface area contributed by atoms with E-state index in [2.05, 4.69) is 10.2 Å². The van der Waals surface area contributed by atoms with Crippen molar-refractivity contribution in [2.75, 3.05) is 17.7 Å². The number of carbonyl (C=O) groups excluding carboxylic acids is 1. The zero-order valence-corrected chi connectivity index (χ0v) is 16.4. The van der Waals surface area contributed by atoms with Crippen molar-refractivity contribution >= 4 is 40.4 Å². The van der Waals surface area contributed by atoms with Crippen molar-refractivity contribution in [3.05, 3.63) is 51.9 Å². The number of anilines is 1. The number of thiophene rings is 1. The third-order valence-corrected chi connectivity index (χ3v) is 5.74. The highest BCUT2D eigenvalue weighted by molar-refractivity contribution is 7.99. The van der Waals surface area contributed by atoms with Crippen molar-refractivity contribution in [1.82, 2.24) is 14.8 Å². The lowest BCUT2D eigenvalue weighted by Crippen LogP contribution is -2.28. The summed E-state index contributed by atoms with van der Waals surface area (Å²) >= 11 is 2.92. The summed E-state index contributed by atoms with van der Waals surface area (Å²) in [6.45, 7) is 2.71. The molecule has 0 atom stereocenters. The monoisotopic (exact) mass is 403 g/mol. The van der Waals surface area contributed by atoms with E-state index in [1.807, 2.05) is 29.0 Å². The molecule has 0 fully saturated rings. The first-order valence-electron chi connectivity index (χ1n) is 8.12. The number of carbonyl (C=O) groups is 1. The van der Waals surface area contributed by atoms with Gasteiger partial charge in [0.05, 0.1) is 15.6 Å². The maximum Gasteiger partial charge on any atom is 0.269 e. The number of nitro groups is 1. The molecule has 10 heteroatoms. The molecule has 0 bridgehead atoms. The van der Waals surface area contributed by atoms with E-state index in [1.54, 1.807) is 30.5 Å². The van der Waals surface area contributed by atoms with E-state index in [1.165, 1.54) is 28.8 Å². The van der Waals surface area contributed by atoms with Crippen molar-refractivity contribution in [1.29, 1.82) is 0 Å². The van der Waals surface area contributed by atoms with Crippen LogP contribution < -0.4 is 4.90 Å². The molecule has 2 aromatic heterocycles. The van der Waals surface area contributed by atoms with Crippen LogP contribution in [0.15, 0.2) is 46.9 Å². The SMILES string of the molecule is CCn1c(SCC(=O)N(C)c2ccc([N+](=O)[O-])cc2)nnc1-c1cccs1. The van der Waals surface area contributed by atoms with Crippen LogP contribution in [0.2, 0.25) is 0 Å². The van der Waals surface area contributed by atoms with Gasteiger partial charge in [-0.3, -0.25) is 14.9 Å². The first-order chi connectivity index (χ1) is 13.0. The van der Waals surface area contributed by atoms with Crippen LogP contribution >= 0.6 is 23.1 Å². The molecule has 0 saturated heterocycles. The smallest absolute Gasteiger partial charge is 0.269 e. The largest absolute Gasteiger partial charge is 0.315 e. The molecular weight excluding hydrogens is 386 g/mol. The van der Waals surface area contributed by atoms with E-state index in [4.69, 9.17) is 0 Å². The van der Waals surface area contributed by atoms with Gasteiger partial charge in [0.1, 0.15) is 0 Å². The fourth-order valence-corrected chi connectivity index (χ4v) is 4.07. The van der Waals surface area contributed by atoms with E-state index in [0.29, 0.717) is 17.4 Å². The minimum atomic E-state index is -0.468. The maximum atomic E-state index is 12.5. The minimum absolute atomic E-state index is 0.00821. The van der Waals surface area contributed by atoms with Gasteiger partial charge in [0.25, 0.3) is 5.69 Å². The van der Waals surface area contributed by atoms with E-state index in [9.17, 15) is 14.9 Å². The molecule has 3 rings (SSSR count). The molecule has 3 aromatic rings. The van der Waals surface area contributed by atoms with Gasteiger partial charge in [0.15, 0.2) is 11.0 Å². The van der Waals surface area contributed by atoms with Gasteiger partial charge in [0, 0.05) is 31.4 Å². The molecule has 0 saturated carbocycles. The van der Waals surface area contributed by atoms with Gasteiger partial charge in [-0.2, -0.15) is 0 Å². The van der Waals surface area contributed by atoms with E-state index in [-0.39, 0.29) is 17.3 Å². The quantitative estimate of drug-likeness (QED) is 0.339. The second-order valence-corrected chi connectivity index (χ2v) is 7.43. The number of amides is 1. The molecule has 0 spiro atoms. The van der Waals surface area contributed by atoms with E-state index in [0.717, 1.165) is 10.7 Å². The Morgan fingerprint density at radius 1 is 1.30 bits per heavy atom. The third kappa shape index (κ3) is 4.17. The minimum Gasteiger partial charge on any atom is -0.315 e. The maximum absolute atomic E-state index is 12.5. The molecule has 0 aliphatic heterocycles. The molecule has 140 valence electrons. The molecule has 0 aliphatic carbocycles. The van der Waals surface area contributed by atoms with E-state index >= 15 is 0 Å². The predicted octanol–water partition coefficient (Wildman–Crippen LogP) is 3.69. The Hall–Kier alpha value is -2.72. The number of hydrogen-bond donors (Lipinski definition) is 0. The van der Waals surface area contributed by atoms with Crippen LogP contribution in [0.5, 0.6) is 0 Å². The topological polar surface area (TPSA) is 94.2 Å². The van der Waals surface area contributed by atoms with Gasteiger partial charge in [-0.25, -0.2) is 0 Å². The van der Waals surface area contributed by atoms with Gasteiger partial charge in [-0.05, 0) is 30.5 Å². The number of nitrogens with zero attached hydrogens (tertiary/aromatic N) is 5. The number of thioether (sulfide) groups is 1. The fraction of sp³-hybridized carbons (Fsp3) is 0.235. The first kappa shape index (κ1) is 19.1. The number of benzene rings is 1. The molecular formula is C17H17N5O3S2. The van der Waals surface area contributed by atoms with Crippen LogP contribution in [0.25, 0.3) is 10.7 Å². The lowest BCUT2D eigenvalue weighted by molar-refractivity contribution is -0.384. The molecule has 27 heavy (non-hydrogen) atoms. The van der Waals surface area contributed by atoms with Crippen molar-refractivity contribution in [2.45, 2.75) is 18.6 Å². The summed E-state index contributed by atoms with van der Waals surface area (Å²) in [5, 5.41) is 21.9. The van der Waals surface area contributed by atoms with Gasteiger partial charge < -0.3 is 9.47 Å². The van der Waals surface area contributed by atoms with E-state index < -0.39 is 4.92 Å². The molecule has 1 aromatic carbocycles. The Kier molecular flexibility index (Phi) is 5.87. The van der Waals surface area contributed by atoms with Crippen LogP contribution in [-0.4, -0.2) is 38.4 Å². The lowest BCUT2D eigenvalue weighted by Gasteiger charge is -2.16. The van der Waals surface area contributed by atoms with Gasteiger partial charge in [0.2, 0.25) is 5.91 Å². The normalized spacial score (nSPS) is 10.7. The summed E-state index contributed by atoms with van der Waals surface area (Å²) in [4.78, 5) is 25.3. The van der Waals surface area contributed by atoms with Crippen LogP contribution in [0.3, 0.4) is 0 Å². The highest BCUT2D eigenvalue weighted by Gasteiger charge is 2.17. The zero-order valence-electron chi connectivity index (χ0n) is 14.7. The van der Waals surface area contributed by atoms with Gasteiger partial charge in [-0.15, -0.1) is 21.5 Å². The van der Waals surface area contributed by atoms with Crippen LogP contribution in [0.4, 0.5) is 11.4 Å². The van der Waals surface area contributed by atoms with Crippen molar-refractivity contribution in [3.63, 3.8) is 0 Å². The Morgan fingerprint density at radius 3 is 2.63 bits per heavy atom. The zero-order chi connectivity index (χ0) is 19.4. The molecule has 8 nitrogen and oxygen atoms in total. The number of rotatable bonds is 7. The number of hydrogen-bond acceptors (Lipinski definition) is 7. The summed E-state index contributed by atoms with van der Waals surface area (Å²) in [6.07, 6.45) is 0. The summed E-state index contributed by atoms with van der Waals surface area (Å²) in [5.41, 5.74) is 0.591. The average Bonchev–Trinajstić information content (AvgIpc) is 3.34. The van der Waals surface area contributed by atoms with Crippen LogP contribution in [-0.2, 0) is 11.3 Å². The van der Waals surface area contributed by atoms with Gasteiger partial charge >= 0.3 is 0 Å². The Balaban J connectivity index is 1.67. The average molecular weight is 403 g/mol. The number of non-ortho nitro benzene ring substituents is 1. The summed E-state index contributed by atoms with van der Waals surface area (Å²) in [5.74, 6) is 0.860. The lowest BCUT2D eigenvalue weighted by atomic mass is 10.2.